The van der Waals surface area contributed by atoms with Crippen molar-refractivity contribution in [1.29, 1.82) is 0 Å². The molecule has 3 rings (SSSR count). The minimum atomic E-state index is -0.297. The molecule has 1 N–H and O–H groups in total. The number of aryl methyl sites for hydroxylation is 3. The summed E-state index contributed by atoms with van der Waals surface area (Å²) in [7, 11) is 1.81. The number of carbonyl (C=O) groups is 1. The zero-order chi connectivity index (χ0) is 18.0. The molecule has 8 heteroatoms. The summed E-state index contributed by atoms with van der Waals surface area (Å²) >= 11 is 0. The minimum Gasteiger partial charge on any atom is -0.377 e. The average molecular weight is 345 g/mol. The largest absolute Gasteiger partial charge is 0.377 e. The molecule has 1 unspecified atom stereocenters. The second-order valence-electron chi connectivity index (χ2n) is 6.16. The molecule has 3 heterocycles. The van der Waals surface area contributed by atoms with E-state index in [9.17, 15) is 4.79 Å². The number of rotatable bonds is 4. The van der Waals surface area contributed by atoms with E-state index in [-0.39, 0.29) is 18.4 Å². The van der Waals surface area contributed by atoms with Crippen LogP contribution in [0.25, 0.3) is 0 Å². The molecular weight excluding hydrogens is 322 g/mol. The van der Waals surface area contributed by atoms with Gasteiger partial charge in [0.1, 0.15) is 17.6 Å². The highest BCUT2D eigenvalue weighted by Crippen LogP contribution is 2.25. The molecule has 25 heavy (non-hydrogen) atoms. The van der Waals surface area contributed by atoms with Crippen molar-refractivity contribution in [2.24, 2.45) is 0 Å². The standard InChI is InChI=1S/C17H23N5O3/c1-10-7-15(18-4)20-17(19-10)14-9-24-6-5-22(14)16(23)8-13-11(2)21-25-12(13)3/h7,14H,5-6,8-9H2,1-4H3,(H,18,19,20). The van der Waals surface area contributed by atoms with Crippen molar-refractivity contribution in [2.75, 3.05) is 32.1 Å². The molecule has 1 amide bonds. The lowest BCUT2D eigenvalue weighted by Crippen LogP contribution is -2.45. The van der Waals surface area contributed by atoms with E-state index >= 15 is 0 Å². The monoisotopic (exact) mass is 345 g/mol. The Labute approximate surface area is 146 Å². The van der Waals surface area contributed by atoms with E-state index < -0.39 is 0 Å². The fourth-order valence-corrected chi connectivity index (χ4v) is 2.99. The van der Waals surface area contributed by atoms with E-state index in [0.29, 0.717) is 31.3 Å². The summed E-state index contributed by atoms with van der Waals surface area (Å²) in [5.41, 5.74) is 2.44. The molecule has 8 nitrogen and oxygen atoms in total. The summed E-state index contributed by atoms with van der Waals surface area (Å²) < 4.78 is 10.8. The third-order valence-electron chi connectivity index (χ3n) is 4.38. The van der Waals surface area contributed by atoms with E-state index in [1.54, 1.807) is 4.90 Å². The number of hydrogen-bond donors (Lipinski definition) is 1. The van der Waals surface area contributed by atoms with E-state index in [1.807, 2.05) is 33.9 Å². The number of hydrogen-bond acceptors (Lipinski definition) is 7. The van der Waals surface area contributed by atoms with Crippen molar-refractivity contribution in [3.8, 4) is 0 Å². The predicted octanol–water partition coefficient (Wildman–Crippen LogP) is 1.57. The number of anilines is 1. The van der Waals surface area contributed by atoms with Gasteiger partial charge in [-0.25, -0.2) is 9.97 Å². The van der Waals surface area contributed by atoms with Gasteiger partial charge < -0.3 is 19.5 Å². The summed E-state index contributed by atoms with van der Waals surface area (Å²) in [4.78, 5) is 23.7. The predicted molar refractivity (Wildman–Crippen MR) is 91.3 cm³/mol. The van der Waals surface area contributed by atoms with Crippen LogP contribution in [0.1, 0.15) is 34.6 Å². The van der Waals surface area contributed by atoms with E-state index in [2.05, 4.69) is 20.4 Å². The highest BCUT2D eigenvalue weighted by molar-refractivity contribution is 5.79. The Morgan fingerprint density at radius 1 is 1.36 bits per heavy atom. The van der Waals surface area contributed by atoms with Gasteiger partial charge in [-0.3, -0.25) is 4.79 Å². The zero-order valence-corrected chi connectivity index (χ0v) is 15.0. The van der Waals surface area contributed by atoms with Gasteiger partial charge in [0.2, 0.25) is 5.91 Å². The van der Waals surface area contributed by atoms with Gasteiger partial charge in [-0.1, -0.05) is 5.16 Å². The summed E-state index contributed by atoms with van der Waals surface area (Å²) in [6, 6.07) is 1.57. The normalized spacial score (nSPS) is 17.6. The zero-order valence-electron chi connectivity index (χ0n) is 15.0. The quantitative estimate of drug-likeness (QED) is 0.899. The Morgan fingerprint density at radius 2 is 2.16 bits per heavy atom. The molecule has 0 aliphatic carbocycles. The minimum absolute atomic E-state index is 0.00110. The van der Waals surface area contributed by atoms with Crippen molar-refractivity contribution in [3.05, 3.63) is 34.6 Å². The smallest absolute Gasteiger partial charge is 0.227 e. The number of carbonyl (C=O) groups excluding carboxylic acids is 1. The van der Waals surface area contributed by atoms with Crippen molar-refractivity contribution in [1.82, 2.24) is 20.0 Å². The maximum atomic E-state index is 12.9. The number of morpholine rings is 1. The first kappa shape index (κ1) is 17.3. The molecule has 1 fully saturated rings. The highest BCUT2D eigenvalue weighted by atomic mass is 16.5. The van der Waals surface area contributed by atoms with Crippen LogP contribution in [0.3, 0.4) is 0 Å². The first-order chi connectivity index (χ1) is 12.0. The maximum absolute atomic E-state index is 12.9. The first-order valence-electron chi connectivity index (χ1n) is 8.32. The third-order valence-corrected chi connectivity index (χ3v) is 4.38. The van der Waals surface area contributed by atoms with E-state index in [1.165, 1.54) is 0 Å². The highest BCUT2D eigenvalue weighted by Gasteiger charge is 2.32. The Kier molecular flexibility index (Phi) is 4.98. The lowest BCUT2D eigenvalue weighted by Gasteiger charge is -2.35. The van der Waals surface area contributed by atoms with Crippen LogP contribution in [0.4, 0.5) is 5.82 Å². The van der Waals surface area contributed by atoms with Gasteiger partial charge in [0, 0.05) is 30.9 Å². The van der Waals surface area contributed by atoms with E-state index in [0.717, 1.165) is 22.8 Å². The van der Waals surface area contributed by atoms with Crippen molar-refractivity contribution in [2.45, 2.75) is 33.2 Å². The molecular formula is C17H23N5O3. The van der Waals surface area contributed by atoms with E-state index in [4.69, 9.17) is 9.26 Å². The van der Waals surface area contributed by atoms with Crippen LogP contribution >= 0.6 is 0 Å². The maximum Gasteiger partial charge on any atom is 0.227 e. The summed E-state index contributed by atoms with van der Waals surface area (Å²) in [5.74, 6) is 2.00. The Balaban J connectivity index is 1.86. The van der Waals surface area contributed by atoms with Crippen LogP contribution in [0.15, 0.2) is 10.6 Å². The third kappa shape index (κ3) is 3.63. The van der Waals surface area contributed by atoms with Crippen molar-refractivity contribution in [3.63, 3.8) is 0 Å². The SMILES string of the molecule is CNc1cc(C)nc(C2COCCN2C(=O)Cc2c(C)noc2C)n1. The fraction of sp³-hybridized carbons (Fsp3) is 0.529. The lowest BCUT2D eigenvalue weighted by atomic mass is 10.1. The molecule has 2 aromatic rings. The van der Waals surface area contributed by atoms with Crippen LogP contribution in [-0.2, 0) is 16.0 Å². The Morgan fingerprint density at radius 3 is 2.84 bits per heavy atom. The molecule has 0 radical (unpaired) electrons. The number of nitrogens with zero attached hydrogens (tertiary/aromatic N) is 4. The van der Waals surface area contributed by atoms with Gasteiger partial charge in [-0.05, 0) is 20.8 Å². The Hall–Kier alpha value is -2.48. The van der Waals surface area contributed by atoms with Gasteiger partial charge in [0.25, 0.3) is 0 Å². The fourth-order valence-electron chi connectivity index (χ4n) is 2.99. The molecule has 1 aliphatic heterocycles. The van der Waals surface area contributed by atoms with Gasteiger partial charge >= 0.3 is 0 Å². The Bertz CT molecular complexity index is 754. The van der Waals surface area contributed by atoms with Gasteiger partial charge in [-0.2, -0.15) is 0 Å². The topological polar surface area (TPSA) is 93.4 Å². The summed E-state index contributed by atoms with van der Waals surface area (Å²) in [6.07, 6.45) is 0.252. The van der Waals surface area contributed by atoms with Crippen LogP contribution in [-0.4, -0.2) is 52.7 Å². The van der Waals surface area contributed by atoms with Gasteiger partial charge in [-0.15, -0.1) is 0 Å². The number of nitrogens with one attached hydrogen (secondary N) is 1. The molecule has 0 aromatic carbocycles. The second-order valence-corrected chi connectivity index (χ2v) is 6.16. The molecule has 1 aliphatic rings. The molecule has 2 aromatic heterocycles. The van der Waals surface area contributed by atoms with Crippen LogP contribution in [0.5, 0.6) is 0 Å². The number of ether oxygens (including phenoxy) is 1. The van der Waals surface area contributed by atoms with Crippen LogP contribution in [0, 0.1) is 20.8 Å². The summed E-state index contributed by atoms with van der Waals surface area (Å²) in [6.45, 7) is 6.99. The molecule has 1 atom stereocenters. The first-order valence-corrected chi connectivity index (χ1v) is 8.32. The van der Waals surface area contributed by atoms with Gasteiger partial charge in [0.05, 0.1) is 25.3 Å². The van der Waals surface area contributed by atoms with Crippen molar-refractivity contribution >= 4 is 11.7 Å². The lowest BCUT2D eigenvalue weighted by molar-refractivity contribution is -0.139. The molecule has 0 spiro atoms. The average Bonchev–Trinajstić information content (AvgIpc) is 2.93. The molecule has 0 saturated carbocycles. The molecule has 0 bridgehead atoms. The van der Waals surface area contributed by atoms with Crippen LogP contribution in [0.2, 0.25) is 0 Å². The number of aromatic nitrogens is 3. The molecule has 134 valence electrons. The number of amides is 1. The summed E-state index contributed by atoms with van der Waals surface area (Å²) in [5, 5.41) is 6.95. The second kappa shape index (κ2) is 7.18. The molecule has 1 saturated heterocycles. The van der Waals surface area contributed by atoms with Crippen molar-refractivity contribution < 1.29 is 14.1 Å². The van der Waals surface area contributed by atoms with Gasteiger partial charge in [0.15, 0.2) is 5.82 Å². The van der Waals surface area contributed by atoms with Crippen LogP contribution < -0.4 is 5.32 Å².